The van der Waals surface area contributed by atoms with Gasteiger partial charge in [0.05, 0.1) is 88.3 Å². The van der Waals surface area contributed by atoms with E-state index in [2.05, 4.69) is 13.8 Å². The Balaban J connectivity index is 0.000000134. The van der Waals surface area contributed by atoms with Gasteiger partial charge in [-0.15, -0.1) is 0 Å². The molecular weight excluding hydrogens is 1380 g/mol. The SMILES string of the molecule is CC(C)(CN)C1CCOCC1.COC1C[C@@H]2C(N)[C@@H]2C1.NC1(C2CCOCC2)CC1.NC1CC2COC1C2.NC1[C@H]2OCCO[C@@H]12.NCC(F)(F)C1CCOCC1.NCC1(C2CCOCC2)CC1.NCC1[C@H]2OCCO[C@@H]12.NC[C@@H]1OC[C@@H]2C[C@@H]21.N[C@H]1CC2CCC1O2.[W]. The quantitative estimate of drug-likeness (QED) is 0.149. The Morgan fingerprint density at radius 1 is 0.489 bits per heavy atom. The molecule has 25 heteroatoms. The Labute approximate surface area is 576 Å². The molecule has 0 amide bonds. The number of nitrogens with two attached hydrogens (primary N) is 10. The summed E-state index contributed by atoms with van der Waals surface area (Å²) >= 11 is 0. The molecule has 10 heterocycles. The molecule has 0 aromatic carbocycles. The molecule has 20 N–H and O–H groups in total. The van der Waals surface area contributed by atoms with Crippen LogP contribution in [-0.2, 0) is 77.9 Å². The molecule has 22 nitrogen and oxygen atoms in total. The van der Waals surface area contributed by atoms with E-state index < -0.39 is 18.4 Å². The second-order valence-corrected chi connectivity index (χ2v) is 31.0. The molecule has 10 aliphatic heterocycles. The summed E-state index contributed by atoms with van der Waals surface area (Å²) in [6.07, 6.45) is 26.5. The minimum Gasteiger partial charge on any atom is -0.381 e. The maximum atomic E-state index is 12.9. The maximum Gasteiger partial charge on any atom is 0.263 e. The fourth-order valence-corrected chi connectivity index (χ4v) is 16.4. The molecule has 0 spiro atoms. The normalized spacial score (nSPS) is 39.9. The summed E-state index contributed by atoms with van der Waals surface area (Å²) in [6.45, 7) is 18.5. The monoisotopic (exact) mass is 1510 g/mol. The van der Waals surface area contributed by atoms with Gasteiger partial charge in [-0.3, -0.25) is 0 Å². The predicted octanol–water partition coefficient (Wildman–Crippen LogP) is 3.66. The first-order valence-corrected chi connectivity index (χ1v) is 36.7. The molecular formula is C69H130F2N10O12W. The molecule has 18 fully saturated rings. The van der Waals surface area contributed by atoms with Gasteiger partial charge in [0.25, 0.3) is 5.92 Å². The van der Waals surface area contributed by atoms with Gasteiger partial charge in [0.2, 0.25) is 0 Å². The maximum absolute atomic E-state index is 12.9. The number of halogens is 2. The number of ether oxygens (including phenoxy) is 12. The van der Waals surface area contributed by atoms with E-state index in [-0.39, 0.29) is 44.9 Å². The molecule has 0 aromatic heterocycles. The molecule has 8 saturated carbocycles. The van der Waals surface area contributed by atoms with Crippen LogP contribution in [0.2, 0.25) is 0 Å². The van der Waals surface area contributed by atoms with Crippen molar-refractivity contribution in [3.63, 3.8) is 0 Å². The molecule has 0 radical (unpaired) electrons. The Morgan fingerprint density at radius 2 is 1.01 bits per heavy atom. The minimum absolute atomic E-state index is 0. The van der Waals surface area contributed by atoms with Crippen LogP contribution in [0.1, 0.15) is 142 Å². The summed E-state index contributed by atoms with van der Waals surface area (Å²) < 4.78 is 89.0. The van der Waals surface area contributed by atoms with Crippen LogP contribution in [0.25, 0.3) is 0 Å². The zero-order chi connectivity index (χ0) is 66.3. The zero-order valence-corrected chi connectivity index (χ0v) is 60.6. The van der Waals surface area contributed by atoms with Crippen molar-refractivity contribution < 1.29 is 86.7 Å². The Morgan fingerprint density at radius 3 is 1.34 bits per heavy atom. The van der Waals surface area contributed by atoms with E-state index in [1.807, 2.05) is 0 Å². The van der Waals surface area contributed by atoms with E-state index in [4.69, 9.17) is 114 Å². The van der Waals surface area contributed by atoms with E-state index in [1.165, 1.54) is 109 Å². The minimum atomic E-state index is -2.69. The standard InChI is InChI=1S/C9H17NO.C9H19NO.C8H15NO.C7H13F2NO.C7H13NO.C6H11NO2.3C6H11NO.C5H9NO2.W/c10-7-9(3-4-9)8-1-5-11-6-2-8;1-9(2,7-10)8-3-5-11-6-4-8;9-8(3-4-8)7-1-5-10-6-2-7;8-7(9,5-10)6-1-3-11-4-2-6;1-9-4-2-5-6(3-4)7(5)8;7-3-4-5-6(4)9-2-1-8-5;7-2-6-5-1-4(5)3-8-6;7-5-1-4-2-6(5)8-3-4;7-5-3-4-1-2-6(5)8-4;6-3-4-5(3)8-2-1-7-4;/h8H,1-7,10H2;8H,3-7,10H2,1-2H3;7H,1-6,9H2;6H,1-5,10H2;4-7H,2-3,8H2,1H3;4-6H,1-3,7H2;3*4-6H,1-3,7H2;3-5H,1-2,6H2;/t;;;;4?,5-,6+,7?;4?,5-,6+;4-,5-,6-;;4?,5-,6?;3?,4-,5+;/m......0.0../s1. The molecule has 548 valence electrons. The fourth-order valence-electron chi connectivity index (χ4n) is 16.4. The van der Waals surface area contributed by atoms with Crippen LogP contribution >= 0.6 is 0 Å². The van der Waals surface area contributed by atoms with Crippen molar-refractivity contribution in [3.8, 4) is 0 Å². The molecule has 8 aliphatic carbocycles. The number of rotatable bonds is 10. The number of fused-ring (bicyclic) bond motifs is 8. The third-order valence-electron chi connectivity index (χ3n) is 24.2. The molecule has 9 unspecified atom stereocenters. The van der Waals surface area contributed by atoms with Gasteiger partial charge in [-0.1, -0.05) is 13.8 Å². The van der Waals surface area contributed by atoms with Gasteiger partial charge in [0.15, 0.2) is 0 Å². The van der Waals surface area contributed by atoms with E-state index >= 15 is 0 Å². The predicted molar refractivity (Wildman–Crippen MR) is 354 cm³/mol. The first-order valence-electron chi connectivity index (χ1n) is 36.7. The summed E-state index contributed by atoms with van der Waals surface area (Å²) in [5, 5.41) is 0. The molecule has 19 atom stereocenters. The number of hydrogen-bond donors (Lipinski definition) is 10. The van der Waals surface area contributed by atoms with Gasteiger partial charge in [0, 0.05) is 136 Å². The molecule has 18 rings (SSSR count). The van der Waals surface area contributed by atoms with Gasteiger partial charge in [-0.05, 0) is 200 Å². The second-order valence-electron chi connectivity index (χ2n) is 31.0. The summed E-state index contributed by atoms with van der Waals surface area (Å²) in [7, 11) is 1.79. The van der Waals surface area contributed by atoms with E-state index in [0.29, 0.717) is 110 Å². The van der Waals surface area contributed by atoms with Gasteiger partial charge in [0.1, 0.15) is 12.2 Å². The average molecular weight is 1510 g/mol. The van der Waals surface area contributed by atoms with Crippen molar-refractivity contribution >= 4 is 0 Å². The molecule has 4 bridgehead atoms. The molecule has 0 aromatic rings. The van der Waals surface area contributed by atoms with Gasteiger partial charge < -0.3 is 114 Å². The van der Waals surface area contributed by atoms with Crippen LogP contribution in [0.5, 0.6) is 0 Å². The van der Waals surface area contributed by atoms with Crippen LogP contribution in [0.4, 0.5) is 8.78 Å². The summed E-state index contributed by atoms with van der Waals surface area (Å²) in [6, 6.07) is 1.40. The van der Waals surface area contributed by atoms with Crippen LogP contribution < -0.4 is 57.3 Å². The Kier molecular flexibility index (Phi) is 31.9. The van der Waals surface area contributed by atoms with Gasteiger partial charge in [-0.2, -0.15) is 0 Å². The Hall–Kier alpha value is -0.332. The number of methoxy groups -OCH3 is 1. The zero-order valence-electron chi connectivity index (χ0n) is 57.7. The van der Waals surface area contributed by atoms with Crippen molar-refractivity contribution in [2.75, 3.05) is 132 Å². The third-order valence-corrected chi connectivity index (χ3v) is 24.2. The first kappa shape index (κ1) is 79.4. The topological polar surface area (TPSA) is 371 Å². The van der Waals surface area contributed by atoms with E-state index in [9.17, 15) is 8.78 Å². The van der Waals surface area contributed by atoms with E-state index in [0.717, 1.165) is 153 Å². The van der Waals surface area contributed by atoms with Gasteiger partial charge >= 0.3 is 0 Å². The molecule has 94 heavy (non-hydrogen) atoms. The van der Waals surface area contributed by atoms with Crippen LogP contribution in [0.15, 0.2) is 0 Å². The number of hydrogen-bond acceptors (Lipinski definition) is 22. The fraction of sp³-hybridized carbons (Fsp3) is 1.00. The van der Waals surface area contributed by atoms with E-state index in [1.54, 1.807) is 7.11 Å². The van der Waals surface area contributed by atoms with Crippen molar-refractivity contribution in [3.05, 3.63) is 0 Å². The Bertz CT molecular complexity index is 2000. The van der Waals surface area contributed by atoms with Crippen molar-refractivity contribution in [2.24, 2.45) is 127 Å². The summed E-state index contributed by atoms with van der Waals surface area (Å²) in [4.78, 5) is 0. The smallest absolute Gasteiger partial charge is 0.263 e. The number of alkyl halides is 2. The molecule has 10 saturated heterocycles. The average Bonchev–Trinajstić information content (AvgIpc) is 1.63. The largest absolute Gasteiger partial charge is 0.381 e. The second kappa shape index (κ2) is 37.7. The van der Waals surface area contributed by atoms with Crippen molar-refractivity contribution in [2.45, 2.75) is 233 Å². The van der Waals surface area contributed by atoms with Crippen molar-refractivity contribution in [1.82, 2.24) is 0 Å². The van der Waals surface area contributed by atoms with Gasteiger partial charge in [-0.25, -0.2) is 8.78 Å². The van der Waals surface area contributed by atoms with Crippen molar-refractivity contribution in [1.29, 1.82) is 0 Å². The third kappa shape index (κ3) is 22.8. The first-order chi connectivity index (χ1) is 44.8. The summed E-state index contributed by atoms with van der Waals surface area (Å²) in [5.74, 6) is 3.81. The van der Waals surface area contributed by atoms with Crippen LogP contribution in [-0.4, -0.2) is 223 Å². The van der Waals surface area contributed by atoms with Crippen LogP contribution in [0, 0.1) is 70.0 Å². The van der Waals surface area contributed by atoms with Crippen LogP contribution in [0.3, 0.4) is 0 Å². The summed E-state index contributed by atoms with van der Waals surface area (Å²) in [5.41, 5.74) is 57.1. The molecule has 18 aliphatic rings.